The Balaban J connectivity index is 2.36. The van der Waals surface area contributed by atoms with Gasteiger partial charge >= 0.3 is 0 Å². The number of rotatable bonds is 3. The number of fused-ring (bicyclic) bond motifs is 1. The molecule has 0 atom stereocenters. The fourth-order valence-corrected chi connectivity index (χ4v) is 3.11. The number of hydrogen-bond acceptors (Lipinski definition) is 0. The summed E-state index contributed by atoms with van der Waals surface area (Å²) in [4.78, 5) is 0. The van der Waals surface area contributed by atoms with Crippen molar-refractivity contribution in [1.29, 1.82) is 0 Å². The van der Waals surface area contributed by atoms with E-state index in [1.807, 2.05) is 0 Å². The maximum Gasteiger partial charge on any atom is 0.187 e. The summed E-state index contributed by atoms with van der Waals surface area (Å²) >= 11 is 0. The van der Waals surface area contributed by atoms with Crippen LogP contribution in [0.2, 0.25) is 0 Å². The van der Waals surface area contributed by atoms with Crippen LogP contribution in [0.5, 0.6) is 0 Å². The van der Waals surface area contributed by atoms with Crippen LogP contribution in [0.1, 0.15) is 50.7 Å². The van der Waals surface area contributed by atoms with Crippen molar-refractivity contribution in [2.24, 2.45) is 7.05 Å². The van der Waals surface area contributed by atoms with Gasteiger partial charge in [-0.1, -0.05) is 58.0 Å². The maximum atomic E-state index is 3.55. The van der Waals surface area contributed by atoms with Gasteiger partial charge in [0.2, 0.25) is 0 Å². The number of benzene rings is 2. The topological polar surface area (TPSA) is 8.81 Å². The fourth-order valence-electron chi connectivity index (χ4n) is 3.11. The minimum Gasteiger partial charge on any atom is -0.206 e. The molecular weight excluding hydrogens is 268 g/mol. The van der Waals surface area contributed by atoms with Gasteiger partial charge in [0.15, 0.2) is 11.9 Å². The molecule has 1 heterocycles. The molecule has 0 aliphatic rings. The Labute approximate surface area is 133 Å². The summed E-state index contributed by atoms with van der Waals surface area (Å²) in [5.41, 5.74) is 5.23. The summed E-state index contributed by atoms with van der Waals surface area (Å²) in [7, 11) is 2.11. The zero-order valence-corrected chi connectivity index (χ0v) is 14.1. The molecule has 3 aromatic rings. The summed E-state index contributed by atoms with van der Waals surface area (Å²) in [6, 6.07) is 15.1. The predicted octanol–water partition coefficient (Wildman–Crippen LogP) is 4.50. The van der Waals surface area contributed by atoms with E-state index < -0.39 is 0 Å². The first-order chi connectivity index (χ1) is 10.5. The van der Waals surface area contributed by atoms with E-state index >= 15 is 0 Å². The van der Waals surface area contributed by atoms with Crippen LogP contribution in [0.4, 0.5) is 0 Å². The average Bonchev–Trinajstić information content (AvgIpc) is 2.83. The lowest BCUT2D eigenvalue weighted by molar-refractivity contribution is -0.684. The van der Waals surface area contributed by atoms with E-state index in [0.717, 1.165) is 5.39 Å². The predicted molar refractivity (Wildman–Crippen MR) is 91.5 cm³/mol. The highest BCUT2D eigenvalue weighted by atomic mass is 15.4. The van der Waals surface area contributed by atoms with Crippen LogP contribution in [-0.2, 0) is 7.05 Å². The van der Waals surface area contributed by atoms with Crippen LogP contribution in [0, 0.1) is 6.20 Å². The second kappa shape index (κ2) is 5.60. The van der Waals surface area contributed by atoms with E-state index in [-0.39, 0.29) is 0 Å². The first-order valence-corrected chi connectivity index (χ1v) is 8.03. The molecule has 0 bridgehead atoms. The molecule has 0 saturated carbocycles. The molecule has 0 amide bonds. The Kier molecular flexibility index (Phi) is 3.78. The third-order valence-electron chi connectivity index (χ3n) is 4.33. The van der Waals surface area contributed by atoms with E-state index in [4.69, 9.17) is 0 Å². The minimum atomic E-state index is 0.479. The number of para-hydroxylation sites is 2. The second-order valence-corrected chi connectivity index (χ2v) is 6.56. The van der Waals surface area contributed by atoms with Gasteiger partial charge < -0.3 is 0 Å². The number of hydrogen-bond donors (Lipinski definition) is 0. The van der Waals surface area contributed by atoms with Gasteiger partial charge in [-0.15, -0.1) is 12.1 Å². The highest BCUT2D eigenvalue weighted by Gasteiger charge is 2.20. The van der Waals surface area contributed by atoms with Gasteiger partial charge in [0.05, 0.1) is 7.05 Å². The minimum absolute atomic E-state index is 0.479. The van der Waals surface area contributed by atoms with Crippen LogP contribution in [-0.4, -0.2) is 4.68 Å². The Morgan fingerprint density at radius 1 is 0.864 bits per heavy atom. The van der Waals surface area contributed by atoms with Crippen LogP contribution < -0.4 is 4.68 Å². The maximum absolute atomic E-state index is 3.55. The molecule has 0 unspecified atom stereocenters. The van der Waals surface area contributed by atoms with E-state index in [1.165, 1.54) is 22.3 Å². The molecular formula is C20H24N2. The Bertz CT molecular complexity index is 783. The van der Waals surface area contributed by atoms with Gasteiger partial charge in [0.25, 0.3) is 0 Å². The summed E-state index contributed by atoms with van der Waals surface area (Å²) < 4.78 is 4.39. The van der Waals surface area contributed by atoms with Crippen molar-refractivity contribution in [3.63, 3.8) is 0 Å². The third kappa shape index (κ3) is 2.33. The van der Waals surface area contributed by atoms with Crippen LogP contribution >= 0.6 is 0 Å². The molecule has 2 heteroatoms. The molecule has 0 aliphatic carbocycles. The summed E-state index contributed by atoms with van der Waals surface area (Å²) in [5, 5.41) is 1.15. The normalized spacial score (nSPS) is 11.8. The molecule has 22 heavy (non-hydrogen) atoms. The van der Waals surface area contributed by atoms with Gasteiger partial charge in [-0.3, -0.25) is 0 Å². The standard InChI is InChI=1S/C20H24N2/c1-14(2)17-10-8-11-18(15(3)4)20(17)22-13-16-9-6-7-12-19(16)21(22)5/h6-12,14-15H,1-5H3. The SMILES string of the molecule is CC(C)c1cccc(C(C)C)c1-[n+]1[c-]c2ccccc2n1C. The van der Waals surface area contributed by atoms with Crippen LogP contribution in [0.3, 0.4) is 0 Å². The number of nitrogens with zero attached hydrogens (tertiary/aromatic N) is 2. The zero-order chi connectivity index (χ0) is 15.9. The molecule has 3 rings (SSSR count). The summed E-state index contributed by atoms with van der Waals surface area (Å²) in [5.74, 6) is 0.959. The average molecular weight is 292 g/mol. The van der Waals surface area contributed by atoms with Crippen LogP contribution in [0.15, 0.2) is 42.5 Å². The van der Waals surface area contributed by atoms with Gasteiger partial charge in [-0.05, 0) is 28.3 Å². The van der Waals surface area contributed by atoms with Gasteiger partial charge in [-0.2, -0.15) is 4.68 Å². The summed E-state index contributed by atoms with van der Waals surface area (Å²) in [6.45, 7) is 9.02. The molecule has 0 radical (unpaired) electrons. The Morgan fingerprint density at radius 3 is 2.00 bits per heavy atom. The van der Waals surface area contributed by atoms with E-state index in [9.17, 15) is 0 Å². The lowest BCUT2D eigenvalue weighted by atomic mass is 9.93. The third-order valence-corrected chi connectivity index (χ3v) is 4.33. The molecule has 114 valence electrons. The lowest BCUT2D eigenvalue weighted by Gasteiger charge is -2.18. The Morgan fingerprint density at radius 2 is 1.45 bits per heavy atom. The van der Waals surface area contributed by atoms with Crippen molar-refractivity contribution >= 4 is 10.9 Å². The van der Waals surface area contributed by atoms with Crippen molar-refractivity contribution < 1.29 is 4.68 Å². The van der Waals surface area contributed by atoms with Crippen LogP contribution in [0.25, 0.3) is 16.6 Å². The molecule has 2 aromatic carbocycles. The number of aryl methyl sites for hydroxylation is 1. The van der Waals surface area contributed by atoms with E-state index in [0.29, 0.717) is 11.8 Å². The molecule has 0 fully saturated rings. The lowest BCUT2D eigenvalue weighted by Crippen LogP contribution is -2.41. The van der Waals surface area contributed by atoms with Gasteiger partial charge in [0, 0.05) is 5.52 Å². The highest BCUT2D eigenvalue weighted by molar-refractivity contribution is 5.76. The fraction of sp³-hybridized carbons (Fsp3) is 0.350. The molecule has 0 saturated heterocycles. The summed E-state index contributed by atoms with van der Waals surface area (Å²) in [6.07, 6.45) is 3.55. The van der Waals surface area contributed by atoms with Crippen molar-refractivity contribution in [1.82, 2.24) is 4.68 Å². The first kappa shape index (κ1) is 14.8. The molecule has 0 N–H and O–H groups in total. The van der Waals surface area contributed by atoms with Gasteiger partial charge in [0.1, 0.15) is 0 Å². The van der Waals surface area contributed by atoms with E-state index in [2.05, 4.69) is 92.8 Å². The van der Waals surface area contributed by atoms with Crippen molar-refractivity contribution in [3.8, 4) is 5.69 Å². The van der Waals surface area contributed by atoms with E-state index in [1.54, 1.807) is 0 Å². The largest absolute Gasteiger partial charge is 0.206 e. The smallest absolute Gasteiger partial charge is 0.187 e. The monoisotopic (exact) mass is 292 g/mol. The Hall–Kier alpha value is -2.09. The number of aromatic nitrogens is 2. The van der Waals surface area contributed by atoms with Crippen molar-refractivity contribution in [3.05, 3.63) is 59.8 Å². The zero-order valence-electron chi connectivity index (χ0n) is 14.1. The quantitative estimate of drug-likeness (QED) is 0.496. The molecule has 1 aromatic heterocycles. The van der Waals surface area contributed by atoms with Gasteiger partial charge in [-0.25, -0.2) is 4.68 Å². The first-order valence-electron chi connectivity index (χ1n) is 8.03. The highest BCUT2D eigenvalue weighted by Crippen LogP contribution is 2.28. The molecule has 0 aliphatic heterocycles. The van der Waals surface area contributed by atoms with Crippen molar-refractivity contribution in [2.75, 3.05) is 0 Å². The second-order valence-electron chi connectivity index (χ2n) is 6.56. The molecule has 0 spiro atoms. The molecule has 2 nitrogen and oxygen atoms in total. The van der Waals surface area contributed by atoms with Crippen molar-refractivity contribution in [2.45, 2.75) is 39.5 Å².